The Hall–Kier alpha value is -1.60. The lowest BCUT2D eigenvalue weighted by atomic mass is 10.1. The van der Waals surface area contributed by atoms with Crippen molar-refractivity contribution < 1.29 is 18.3 Å². The monoisotopic (exact) mass is 298 g/mol. The number of nitrogens with one attached hydrogen (secondary N) is 1. The molecule has 1 heterocycles. The highest BCUT2D eigenvalue weighted by Crippen LogP contribution is 2.20. The van der Waals surface area contributed by atoms with Gasteiger partial charge in [0.05, 0.1) is 18.9 Å². The summed E-state index contributed by atoms with van der Waals surface area (Å²) in [5.41, 5.74) is 0.911. The predicted octanol–water partition coefficient (Wildman–Crippen LogP) is 0.655. The number of likely N-dealkylation sites (tertiary alicyclic amines) is 1. The molecule has 1 fully saturated rings. The minimum Gasteiger partial charge on any atom is -0.394 e. The second-order valence-corrected chi connectivity index (χ2v) is 6.68. The number of nitrogens with zero attached hydrogens (tertiary/aromatic N) is 1. The number of aliphatic hydroxyl groups excluding tert-OH is 1. The molecular formula is C13H18N2O4S. The zero-order valence-electron chi connectivity index (χ0n) is 11.2. The number of hydrogen-bond acceptors (Lipinski definition) is 4. The fourth-order valence-corrected chi connectivity index (χ4v) is 2.92. The van der Waals surface area contributed by atoms with E-state index in [0.717, 1.165) is 19.1 Å². The lowest BCUT2D eigenvalue weighted by Gasteiger charge is -2.23. The smallest absolute Gasteiger partial charge is 0.254 e. The molecular weight excluding hydrogens is 280 g/mol. The van der Waals surface area contributed by atoms with Gasteiger partial charge < -0.3 is 10.0 Å². The van der Waals surface area contributed by atoms with E-state index in [9.17, 15) is 18.3 Å². The van der Waals surface area contributed by atoms with Crippen LogP contribution in [0.15, 0.2) is 24.3 Å². The third kappa shape index (κ3) is 3.49. The van der Waals surface area contributed by atoms with Gasteiger partial charge in [-0.15, -0.1) is 0 Å². The summed E-state index contributed by atoms with van der Waals surface area (Å²) in [6, 6.07) is 6.17. The van der Waals surface area contributed by atoms with Gasteiger partial charge in [-0.1, -0.05) is 0 Å². The second-order valence-electron chi connectivity index (χ2n) is 4.93. The highest BCUT2D eigenvalue weighted by atomic mass is 32.2. The quantitative estimate of drug-likeness (QED) is 0.854. The third-order valence-electron chi connectivity index (χ3n) is 3.28. The summed E-state index contributed by atoms with van der Waals surface area (Å²) in [7, 11) is -3.32. The van der Waals surface area contributed by atoms with Crippen LogP contribution in [0.5, 0.6) is 0 Å². The average Bonchev–Trinajstić information content (AvgIpc) is 2.85. The van der Waals surface area contributed by atoms with Gasteiger partial charge in [0.1, 0.15) is 0 Å². The lowest BCUT2D eigenvalue weighted by Crippen LogP contribution is -2.37. The lowest BCUT2D eigenvalue weighted by molar-refractivity contribution is 0.0677. The van der Waals surface area contributed by atoms with Crippen molar-refractivity contribution in [1.82, 2.24) is 4.90 Å². The fourth-order valence-electron chi connectivity index (χ4n) is 2.35. The molecule has 1 saturated heterocycles. The molecule has 1 aromatic rings. The Bertz CT molecular complexity index is 583. The first-order valence-corrected chi connectivity index (χ1v) is 8.29. The van der Waals surface area contributed by atoms with E-state index in [1.807, 2.05) is 0 Å². The van der Waals surface area contributed by atoms with Gasteiger partial charge in [0, 0.05) is 17.8 Å². The molecule has 0 radical (unpaired) electrons. The van der Waals surface area contributed by atoms with Gasteiger partial charge in [0.25, 0.3) is 5.91 Å². The van der Waals surface area contributed by atoms with Crippen LogP contribution in [0, 0.1) is 0 Å². The molecule has 0 bridgehead atoms. The Morgan fingerprint density at radius 1 is 1.40 bits per heavy atom. The number of carbonyl (C=O) groups excluding carboxylic acids is 1. The van der Waals surface area contributed by atoms with E-state index in [0.29, 0.717) is 17.8 Å². The molecule has 0 saturated carbocycles. The maximum atomic E-state index is 12.3. The normalized spacial score (nSPS) is 19.1. The molecule has 1 aliphatic heterocycles. The Morgan fingerprint density at radius 2 is 2.05 bits per heavy atom. The minimum atomic E-state index is -3.32. The van der Waals surface area contributed by atoms with E-state index in [-0.39, 0.29) is 18.6 Å². The Balaban J connectivity index is 2.11. The number of amides is 1. The van der Waals surface area contributed by atoms with Crippen molar-refractivity contribution in [2.75, 3.05) is 24.1 Å². The number of rotatable bonds is 4. The average molecular weight is 298 g/mol. The molecule has 2 rings (SSSR count). The van der Waals surface area contributed by atoms with Gasteiger partial charge in [-0.2, -0.15) is 0 Å². The van der Waals surface area contributed by atoms with Crippen molar-refractivity contribution in [2.24, 2.45) is 0 Å². The molecule has 7 heteroatoms. The highest BCUT2D eigenvalue weighted by Gasteiger charge is 2.28. The van der Waals surface area contributed by atoms with Crippen LogP contribution in [0.2, 0.25) is 0 Å². The van der Waals surface area contributed by atoms with Crippen LogP contribution >= 0.6 is 0 Å². The predicted molar refractivity (Wildman–Crippen MR) is 76.1 cm³/mol. The molecule has 6 nitrogen and oxygen atoms in total. The maximum Gasteiger partial charge on any atom is 0.254 e. The van der Waals surface area contributed by atoms with Crippen LogP contribution < -0.4 is 4.72 Å². The van der Waals surface area contributed by atoms with Gasteiger partial charge in [0.2, 0.25) is 10.0 Å². The van der Waals surface area contributed by atoms with Crippen LogP contribution in [0.25, 0.3) is 0 Å². The third-order valence-corrected chi connectivity index (χ3v) is 3.89. The molecule has 1 aromatic carbocycles. The standard InChI is InChI=1S/C13H18N2O4S/c1-20(18,19)14-11-6-4-10(5-7-11)13(17)15-8-2-3-12(15)9-16/h4-7,12,14,16H,2-3,8-9H2,1H3. The number of hydrogen-bond donors (Lipinski definition) is 2. The first-order valence-electron chi connectivity index (χ1n) is 6.40. The van der Waals surface area contributed by atoms with E-state index in [2.05, 4.69) is 4.72 Å². The summed E-state index contributed by atoms with van der Waals surface area (Å²) in [6.07, 6.45) is 2.78. The van der Waals surface area contributed by atoms with Gasteiger partial charge in [-0.25, -0.2) is 8.42 Å². The van der Waals surface area contributed by atoms with Crippen molar-refractivity contribution >= 4 is 21.6 Å². The molecule has 110 valence electrons. The van der Waals surface area contributed by atoms with Gasteiger partial charge in [-0.3, -0.25) is 9.52 Å². The summed E-state index contributed by atoms with van der Waals surface area (Å²) in [4.78, 5) is 14.0. The summed E-state index contributed by atoms with van der Waals surface area (Å²) >= 11 is 0. The van der Waals surface area contributed by atoms with Gasteiger partial charge >= 0.3 is 0 Å². The zero-order valence-corrected chi connectivity index (χ0v) is 12.1. The molecule has 1 amide bonds. The van der Waals surface area contributed by atoms with E-state index < -0.39 is 10.0 Å². The second kappa shape index (κ2) is 5.80. The molecule has 1 unspecified atom stereocenters. The first kappa shape index (κ1) is 14.8. The summed E-state index contributed by atoms with van der Waals surface area (Å²) < 4.78 is 24.5. The molecule has 0 aromatic heterocycles. The van der Waals surface area contributed by atoms with E-state index in [1.54, 1.807) is 29.2 Å². The number of carbonyl (C=O) groups is 1. The van der Waals surface area contributed by atoms with Crippen molar-refractivity contribution in [2.45, 2.75) is 18.9 Å². The molecule has 1 aliphatic rings. The SMILES string of the molecule is CS(=O)(=O)Nc1ccc(C(=O)N2CCCC2CO)cc1. The number of aliphatic hydroxyl groups is 1. The fraction of sp³-hybridized carbons (Fsp3) is 0.462. The van der Waals surface area contributed by atoms with Crippen LogP contribution in [0.3, 0.4) is 0 Å². The van der Waals surface area contributed by atoms with Crippen molar-refractivity contribution in [3.05, 3.63) is 29.8 Å². The highest BCUT2D eigenvalue weighted by molar-refractivity contribution is 7.92. The minimum absolute atomic E-state index is 0.0283. The first-order chi connectivity index (χ1) is 9.40. The number of anilines is 1. The van der Waals surface area contributed by atoms with Gasteiger partial charge in [0.15, 0.2) is 0 Å². The van der Waals surface area contributed by atoms with Crippen LogP contribution in [-0.4, -0.2) is 49.8 Å². The summed E-state index contributed by atoms with van der Waals surface area (Å²) in [6.45, 7) is 0.618. The molecule has 0 spiro atoms. The number of sulfonamides is 1. The van der Waals surface area contributed by atoms with Crippen LogP contribution in [0.1, 0.15) is 23.2 Å². The largest absolute Gasteiger partial charge is 0.394 e. The molecule has 1 atom stereocenters. The Labute approximate surface area is 118 Å². The van der Waals surface area contributed by atoms with E-state index >= 15 is 0 Å². The Morgan fingerprint density at radius 3 is 2.60 bits per heavy atom. The van der Waals surface area contributed by atoms with Gasteiger partial charge in [-0.05, 0) is 37.1 Å². The molecule has 2 N–H and O–H groups in total. The zero-order chi connectivity index (χ0) is 14.8. The van der Waals surface area contributed by atoms with Crippen LogP contribution in [-0.2, 0) is 10.0 Å². The van der Waals surface area contributed by atoms with Crippen molar-refractivity contribution in [3.63, 3.8) is 0 Å². The topological polar surface area (TPSA) is 86.7 Å². The van der Waals surface area contributed by atoms with Crippen LogP contribution in [0.4, 0.5) is 5.69 Å². The summed E-state index contributed by atoms with van der Waals surface area (Å²) in [5, 5.41) is 9.23. The summed E-state index contributed by atoms with van der Waals surface area (Å²) in [5.74, 6) is -0.132. The van der Waals surface area contributed by atoms with E-state index in [4.69, 9.17) is 0 Å². The molecule has 0 aliphatic carbocycles. The van der Waals surface area contributed by atoms with Crippen molar-refractivity contribution in [1.29, 1.82) is 0 Å². The van der Waals surface area contributed by atoms with Crippen molar-refractivity contribution in [3.8, 4) is 0 Å². The number of benzene rings is 1. The van der Waals surface area contributed by atoms with E-state index in [1.165, 1.54) is 0 Å². The molecule has 20 heavy (non-hydrogen) atoms. The Kier molecular flexibility index (Phi) is 4.29. The maximum absolute atomic E-state index is 12.3.